The van der Waals surface area contributed by atoms with Crippen molar-refractivity contribution >= 4 is 0 Å². The molecule has 0 aliphatic heterocycles. The van der Waals surface area contributed by atoms with Crippen molar-refractivity contribution in [1.29, 1.82) is 0 Å². The molecule has 94 valence electrons. The highest BCUT2D eigenvalue weighted by atomic mass is 19.3. The van der Waals surface area contributed by atoms with Crippen molar-refractivity contribution in [2.75, 3.05) is 0 Å². The molecule has 17 heavy (non-hydrogen) atoms. The lowest BCUT2D eigenvalue weighted by Gasteiger charge is -2.21. The predicted molar refractivity (Wildman–Crippen MR) is 63.3 cm³/mol. The molecule has 2 rings (SSSR count). The van der Waals surface area contributed by atoms with Gasteiger partial charge in [0.25, 0.3) is 5.92 Å². The molecule has 3 heteroatoms. The standard InChI is InChI=1S/C14H18F2O/c1-9-8-11(13(3,15)16)4-5-12(9)10(2)14(17)6-7-14/h4-5,8,10,17H,6-7H2,1-3H3/t10-/m0/s1. The first-order valence-corrected chi connectivity index (χ1v) is 5.95. The molecule has 1 aliphatic rings. The normalized spacial score (nSPS) is 20.1. The van der Waals surface area contributed by atoms with Crippen LogP contribution in [-0.2, 0) is 5.92 Å². The second-order valence-electron chi connectivity index (χ2n) is 5.29. The summed E-state index contributed by atoms with van der Waals surface area (Å²) in [6.07, 6.45) is 1.61. The number of rotatable bonds is 3. The van der Waals surface area contributed by atoms with E-state index in [1.54, 1.807) is 6.07 Å². The highest BCUT2D eigenvalue weighted by molar-refractivity contribution is 5.37. The molecule has 1 saturated carbocycles. The Bertz CT molecular complexity index is 430. The first-order chi connectivity index (χ1) is 7.74. The Balaban J connectivity index is 2.32. The van der Waals surface area contributed by atoms with E-state index in [9.17, 15) is 13.9 Å². The van der Waals surface area contributed by atoms with Crippen LogP contribution in [-0.4, -0.2) is 10.7 Å². The summed E-state index contributed by atoms with van der Waals surface area (Å²) in [5.74, 6) is -2.79. The number of hydrogen-bond acceptors (Lipinski definition) is 1. The minimum absolute atomic E-state index is 0.0158. The topological polar surface area (TPSA) is 20.2 Å². The zero-order valence-electron chi connectivity index (χ0n) is 10.4. The lowest BCUT2D eigenvalue weighted by atomic mass is 9.88. The van der Waals surface area contributed by atoms with Crippen LogP contribution in [0.4, 0.5) is 8.78 Å². The van der Waals surface area contributed by atoms with E-state index in [-0.39, 0.29) is 11.5 Å². The van der Waals surface area contributed by atoms with Crippen LogP contribution in [0.25, 0.3) is 0 Å². The van der Waals surface area contributed by atoms with Crippen LogP contribution in [0.2, 0.25) is 0 Å². The van der Waals surface area contributed by atoms with Gasteiger partial charge in [-0.25, -0.2) is 8.78 Å². The Hall–Kier alpha value is -0.960. The lowest BCUT2D eigenvalue weighted by Crippen LogP contribution is -2.18. The zero-order valence-corrected chi connectivity index (χ0v) is 10.4. The number of benzene rings is 1. The second-order valence-corrected chi connectivity index (χ2v) is 5.29. The quantitative estimate of drug-likeness (QED) is 0.853. The van der Waals surface area contributed by atoms with Crippen LogP contribution in [0.5, 0.6) is 0 Å². The fourth-order valence-electron chi connectivity index (χ4n) is 2.29. The van der Waals surface area contributed by atoms with E-state index in [4.69, 9.17) is 0 Å². The fourth-order valence-corrected chi connectivity index (χ4v) is 2.29. The van der Waals surface area contributed by atoms with E-state index in [2.05, 4.69) is 0 Å². The molecule has 1 atom stereocenters. The van der Waals surface area contributed by atoms with Crippen molar-refractivity contribution in [1.82, 2.24) is 0 Å². The van der Waals surface area contributed by atoms with E-state index < -0.39 is 11.5 Å². The summed E-state index contributed by atoms with van der Waals surface area (Å²) >= 11 is 0. The Labute approximate surface area is 100 Å². The molecule has 0 unspecified atom stereocenters. The Morgan fingerprint density at radius 3 is 2.35 bits per heavy atom. The molecule has 1 aliphatic carbocycles. The average molecular weight is 240 g/mol. The van der Waals surface area contributed by atoms with Crippen LogP contribution < -0.4 is 0 Å². The summed E-state index contributed by atoms with van der Waals surface area (Å²) in [5.41, 5.74) is 1.23. The maximum Gasteiger partial charge on any atom is 0.270 e. The van der Waals surface area contributed by atoms with Gasteiger partial charge in [-0.15, -0.1) is 0 Å². The summed E-state index contributed by atoms with van der Waals surface area (Å²) in [7, 11) is 0. The number of hydrogen-bond donors (Lipinski definition) is 1. The number of aliphatic hydroxyl groups is 1. The zero-order chi connectivity index (χ0) is 12.8. The molecule has 0 amide bonds. The molecule has 0 aromatic heterocycles. The van der Waals surface area contributed by atoms with Crippen LogP contribution in [0.1, 0.15) is 49.3 Å². The van der Waals surface area contributed by atoms with Gasteiger partial charge in [-0.2, -0.15) is 0 Å². The first kappa shape index (κ1) is 12.5. The molecular formula is C14H18F2O. The molecule has 0 spiro atoms. The monoisotopic (exact) mass is 240 g/mol. The van der Waals surface area contributed by atoms with Crippen LogP contribution in [0.3, 0.4) is 0 Å². The maximum atomic E-state index is 13.2. The van der Waals surface area contributed by atoms with Crippen molar-refractivity contribution < 1.29 is 13.9 Å². The van der Waals surface area contributed by atoms with E-state index in [0.717, 1.165) is 30.9 Å². The van der Waals surface area contributed by atoms with Gasteiger partial charge in [-0.3, -0.25) is 0 Å². The van der Waals surface area contributed by atoms with Crippen molar-refractivity contribution in [3.63, 3.8) is 0 Å². The van der Waals surface area contributed by atoms with Gasteiger partial charge in [-0.1, -0.05) is 19.1 Å². The molecule has 1 aromatic carbocycles. The van der Waals surface area contributed by atoms with Crippen molar-refractivity contribution in [3.05, 3.63) is 34.9 Å². The Morgan fingerprint density at radius 2 is 1.94 bits per heavy atom. The second kappa shape index (κ2) is 3.77. The fraction of sp³-hybridized carbons (Fsp3) is 0.571. The average Bonchev–Trinajstić information content (AvgIpc) is 2.95. The maximum absolute atomic E-state index is 13.2. The first-order valence-electron chi connectivity index (χ1n) is 5.95. The van der Waals surface area contributed by atoms with Gasteiger partial charge in [0.1, 0.15) is 0 Å². The molecule has 1 N–H and O–H groups in total. The minimum Gasteiger partial charge on any atom is -0.389 e. The van der Waals surface area contributed by atoms with E-state index in [1.165, 1.54) is 12.1 Å². The molecule has 1 nitrogen and oxygen atoms in total. The SMILES string of the molecule is Cc1cc(C(C)(F)F)ccc1[C@H](C)C1(O)CC1. The number of aryl methyl sites for hydroxylation is 1. The van der Waals surface area contributed by atoms with Gasteiger partial charge in [0.05, 0.1) is 5.60 Å². The van der Waals surface area contributed by atoms with Gasteiger partial charge >= 0.3 is 0 Å². The minimum atomic E-state index is -2.80. The number of halogens is 2. The highest BCUT2D eigenvalue weighted by Gasteiger charge is 2.46. The van der Waals surface area contributed by atoms with Gasteiger partial charge in [0, 0.05) is 18.4 Å². The third-order valence-corrected chi connectivity index (χ3v) is 3.81. The smallest absolute Gasteiger partial charge is 0.270 e. The van der Waals surface area contributed by atoms with E-state index in [0.29, 0.717) is 0 Å². The molecule has 1 fully saturated rings. The summed E-state index contributed by atoms with van der Waals surface area (Å²) in [6, 6.07) is 4.71. The Morgan fingerprint density at radius 1 is 1.35 bits per heavy atom. The predicted octanol–water partition coefficient (Wildman–Crippen LogP) is 3.74. The summed E-state index contributed by atoms with van der Waals surface area (Å²) < 4.78 is 26.3. The summed E-state index contributed by atoms with van der Waals surface area (Å²) in [5, 5.41) is 10.1. The highest BCUT2D eigenvalue weighted by Crippen LogP contribution is 2.47. The van der Waals surface area contributed by atoms with Crippen LogP contribution in [0.15, 0.2) is 18.2 Å². The summed E-state index contributed by atoms with van der Waals surface area (Å²) in [6.45, 7) is 4.69. The summed E-state index contributed by atoms with van der Waals surface area (Å²) in [4.78, 5) is 0. The Kier molecular flexibility index (Phi) is 2.77. The van der Waals surface area contributed by atoms with E-state index in [1.807, 2.05) is 13.8 Å². The lowest BCUT2D eigenvalue weighted by molar-refractivity contribution is 0.0174. The van der Waals surface area contributed by atoms with Gasteiger partial charge < -0.3 is 5.11 Å². The van der Waals surface area contributed by atoms with Crippen LogP contribution in [0, 0.1) is 6.92 Å². The van der Waals surface area contributed by atoms with Crippen LogP contribution >= 0.6 is 0 Å². The third-order valence-electron chi connectivity index (χ3n) is 3.81. The molecule has 0 bridgehead atoms. The largest absolute Gasteiger partial charge is 0.389 e. The van der Waals surface area contributed by atoms with Gasteiger partial charge in [-0.05, 0) is 37.0 Å². The van der Waals surface area contributed by atoms with E-state index >= 15 is 0 Å². The molecule has 0 heterocycles. The molecule has 1 aromatic rings. The van der Waals surface area contributed by atoms with Gasteiger partial charge in [0.15, 0.2) is 0 Å². The molecule has 0 saturated heterocycles. The third kappa shape index (κ3) is 2.34. The van der Waals surface area contributed by atoms with Crippen molar-refractivity contribution in [2.24, 2.45) is 0 Å². The molecule has 0 radical (unpaired) electrons. The van der Waals surface area contributed by atoms with Crippen molar-refractivity contribution in [2.45, 2.75) is 51.1 Å². The van der Waals surface area contributed by atoms with Crippen molar-refractivity contribution in [3.8, 4) is 0 Å². The van der Waals surface area contributed by atoms with Gasteiger partial charge in [0.2, 0.25) is 0 Å². The molecular weight excluding hydrogens is 222 g/mol. The number of alkyl halides is 2.